The number of hydrogen-bond donors (Lipinski definition) is 0. The number of benzene rings is 1. The fraction of sp³-hybridized carbons (Fsp3) is 0.667. The second kappa shape index (κ2) is 10.5. The zero-order chi connectivity index (χ0) is 17.2. The van der Waals surface area contributed by atoms with Crippen LogP contribution < -0.4 is 0 Å². The molecule has 1 aliphatic rings. The van der Waals surface area contributed by atoms with Crippen LogP contribution in [0.15, 0.2) is 35.3 Å². The van der Waals surface area contributed by atoms with E-state index in [0.717, 1.165) is 19.6 Å². The van der Waals surface area contributed by atoms with E-state index in [1.807, 2.05) is 0 Å². The molecule has 0 N–H and O–H groups in total. The largest absolute Gasteiger partial charge is 0.354 e. The van der Waals surface area contributed by atoms with Gasteiger partial charge < -0.3 is 4.90 Å². The summed E-state index contributed by atoms with van der Waals surface area (Å²) in [4.78, 5) is 10.1. The van der Waals surface area contributed by atoms with Gasteiger partial charge in [-0.05, 0) is 18.9 Å². The number of unbranched alkanes of at least 4 members (excludes halogenated alkanes) is 3. The van der Waals surface area contributed by atoms with Crippen LogP contribution in [-0.2, 0) is 0 Å². The van der Waals surface area contributed by atoms with Crippen molar-refractivity contribution in [2.24, 2.45) is 10.9 Å². The maximum absolute atomic E-state index is 4.95. The van der Waals surface area contributed by atoms with Crippen molar-refractivity contribution in [3.63, 3.8) is 0 Å². The van der Waals surface area contributed by atoms with E-state index in [1.54, 1.807) is 0 Å². The predicted molar refractivity (Wildman–Crippen MR) is 105 cm³/mol. The van der Waals surface area contributed by atoms with Crippen LogP contribution in [0.2, 0.25) is 0 Å². The maximum atomic E-state index is 4.95. The van der Waals surface area contributed by atoms with E-state index < -0.39 is 0 Å². The average Bonchev–Trinajstić information content (AvgIpc) is 2.61. The molecule has 24 heavy (non-hydrogen) atoms. The van der Waals surface area contributed by atoms with Crippen molar-refractivity contribution < 1.29 is 0 Å². The van der Waals surface area contributed by atoms with Gasteiger partial charge in [-0.3, -0.25) is 9.89 Å². The molecular formula is C21H35N3. The van der Waals surface area contributed by atoms with Crippen molar-refractivity contribution in [2.45, 2.75) is 46.5 Å². The molecule has 1 heterocycles. The van der Waals surface area contributed by atoms with Crippen molar-refractivity contribution in [1.82, 2.24) is 9.80 Å². The molecule has 1 fully saturated rings. The fourth-order valence-corrected chi connectivity index (χ4v) is 3.18. The zero-order valence-electron chi connectivity index (χ0n) is 15.9. The van der Waals surface area contributed by atoms with Gasteiger partial charge in [0.05, 0.1) is 0 Å². The summed E-state index contributed by atoms with van der Waals surface area (Å²) in [5.41, 5.74) is 1.26. The molecule has 0 aromatic heterocycles. The number of hydrogen-bond acceptors (Lipinski definition) is 2. The summed E-state index contributed by atoms with van der Waals surface area (Å²) in [5.74, 6) is 1.79. The normalized spacial score (nSPS) is 16.8. The Balaban J connectivity index is 1.91. The van der Waals surface area contributed by atoms with E-state index in [2.05, 4.69) is 60.9 Å². The molecule has 3 nitrogen and oxygen atoms in total. The Labute approximate surface area is 148 Å². The van der Waals surface area contributed by atoms with E-state index in [0.29, 0.717) is 5.92 Å². The molecule has 1 saturated heterocycles. The summed E-state index contributed by atoms with van der Waals surface area (Å²) in [6, 6.07) is 10.7. The summed E-state index contributed by atoms with van der Waals surface area (Å²) >= 11 is 0. The second-order valence-electron chi connectivity index (χ2n) is 7.31. The highest BCUT2D eigenvalue weighted by atomic mass is 15.3. The summed E-state index contributed by atoms with van der Waals surface area (Å²) in [7, 11) is 0. The van der Waals surface area contributed by atoms with Gasteiger partial charge in [0.2, 0.25) is 0 Å². The number of amidine groups is 1. The first-order valence-electron chi connectivity index (χ1n) is 9.78. The smallest absolute Gasteiger partial charge is 0.130 e. The molecule has 134 valence electrons. The van der Waals surface area contributed by atoms with Gasteiger partial charge in [0.25, 0.3) is 0 Å². The minimum absolute atomic E-state index is 0.601. The highest BCUT2D eigenvalue weighted by Crippen LogP contribution is 2.12. The quantitative estimate of drug-likeness (QED) is 0.402. The van der Waals surface area contributed by atoms with Crippen LogP contribution in [0.4, 0.5) is 0 Å². The third-order valence-electron chi connectivity index (χ3n) is 4.64. The SMILES string of the molecule is CCCCCCN1CCN(/C(=N/CC(C)C)c2ccccc2)CC1. The Bertz CT molecular complexity index is 473. The maximum Gasteiger partial charge on any atom is 0.130 e. The Morgan fingerprint density at radius 2 is 1.71 bits per heavy atom. The summed E-state index contributed by atoms with van der Waals surface area (Å²) in [5, 5.41) is 0. The van der Waals surface area contributed by atoms with E-state index in [-0.39, 0.29) is 0 Å². The predicted octanol–water partition coefficient (Wildman–Crippen LogP) is 4.29. The standard InChI is InChI=1S/C21H35N3/c1-4-5-6-10-13-23-14-16-24(17-15-23)21(22-18-19(2)3)20-11-8-7-9-12-20/h7-9,11-12,19H,4-6,10,13-18H2,1-3H3/b22-21+. The minimum atomic E-state index is 0.601. The van der Waals surface area contributed by atoms with Gasteiger partial charge in [0.1, 0.15) is 5.84 Å². The van der Waals surface area contributed by atoms with Gasteiger partial charge in [0.15, 0.2) is 0 Å². The van der Waals surface area contributed by atoms with Crippen LogP contribution in [0.25, 0.3) is 0 Å². The van der Waals surface area contributed by atoms with Gasteiger partial charge in [-0.1, -0.05) is 70.4 Å². The molecule has 0 spiro atoms. The molecule has 0 amide bonds. The lowest BCUT2D eigenvalue weighted by atomic mass is 10.1. The summed E-state index contributed by atoms with van der Waals surface area (Å²) < 4.78 is 0. The molecule has 1 aliphatic heterocycles. The molecule has 0 atom stereocenters. The molecule has 0 aliphatic carbocycles. The average molecular weight is 330 g/mol. The molecule has 0 unspecified atom stereocenters. The van der Waals surface area contributed by atoms with Crippen LogP contribution in [0.3, 0.4) is 0 Å². The van der Waals surface area contributed by atoms with Crippen LogP contribution in [0, 0.1) is 5.92 Å². The molecule has 1 aromatic rings. The minimum Gasteiger partial charge on any atom is -0.354 e. The topological polar surface area (TPSA) is 18.8 Å². The van der Waals surface area contributed by atoms with E-state index in [4.69, 9.17) is 4.99 Å². The molecule has 0 radical (unpaired) electrons. The highest BCUT2D eigenvalue weighted by molar-refractivity contribution is 5.98. The van der Waals surface area contributed by atoms with Crippen molar-refractivity contribution in [2.75, 3.05) is 39.3 Å². The van der Waals surface area contributed by atoms with Gasteiger partial charge in [-0.15, -0.1) is 0 Å². The number of aliphatic imine (C=N–C) groups is 1. The second-order valence-corrected chi connectivity index (χ2v) is 7.31. The van der Waals surface area contributed by atoms with Crippen LogP contribution in [0.1, 0.15) is 52.0 Å². The lowest BCUT2D eigenvalue weighted by Crippen LogP contribution is -2.49. The molecular weight excluding hydrogens is 294 g/mol. The van der Waals surface area contributed by atoms with Gasteiger partial charge in [-0.2, -0.15) is 0 Å². The Morgan fingerprint density at radius 1 is 1.00 bits per heavy atom. The number of piperazine rings is 1. The van der Waals surface area contributed by atoms with E-state index in [9.17, 15) is 0 Å². The Morgan fingerprint density at radius 3 is 2.33 bits per heavy atom. The molecule has 2 rings (SSSR count). The van der Waals surface area contributed by atoms with Crippen molar-refractivity contribution in [1.29, 1.82) is 0 Å². The van der Waals surface area contributed by atoms with Crippen LogP contribution in [-0.4, -0.2) is 54.9 Å². The summed E-state index contributed by atoms with van der Waals surface area (Å²) in [6.45, 7) is 13.4. The van der Waals surface area contributed by atoms with E-state index >= 15 is 0 Å². The van der Waals surface area contributed by atoms with Gasteiger partial charge in [-0.25, -0.2) is 0 Å². The first-order chi connectivity index (χ1) is 11.7. The van der Waals surface area contributed by atoms with Crippen molar-refractivity contribution >= 4 is 5.84 Å². The lowest BCUT2D eigenvalue weighted by Gasteiger charge is -2.36. The molecule has 3 heteroatoms. The van der Waals surface area contributed by atoms with Crippen LogP contribution >= 0.6 is 0 Å². The molecule has 1 aromatic carbocycles. The van der Waals surface area contributed by atoms with Crippen LogP contribution in [0.5, 0.6) is 0 Å². The zero-order valence-corrected chi connectivity index (χ0v) is 15.9. The highest BCUT2D eigenvalue weighted by Gasteiger charge is 2.20. The summed E-state index contributed by atoms with van der Waals surface area (Å²) in [6.07, 6.45) is 5.42. The molecule has 0 bridgehead atoms. The fourth-order valence-electron chi connectivity index (χ4n) is 3.18. The first kappa shape index (κ1) is 19.0. The van der Waals surface area contributed by atoms with E-state index in [1.165, 1.54) is 56.7 Å². The van der Waals surface area contributed by atoms with Crippen molar-refractivity contribution in [3.05, 3.63) is 35.9 Å². The lowest BCUT2D eigenvalue weighted by molar-refractivity contribution is 0.179. The number of nitrogens with zero attached hydrogens (tertiary/aromatic N) is 3. The third kappa shape index (κ3) is 6.27. The molecule has 0 saturated carbocycles. The van der Waals surface area contributed by atoms with Crippen molar-refractivity contribution in [3.8, 4) is 0 Å². The first-order valence-corrected chi connectivity index (χ1v) is 9.78. The van der Waals surface area contributed by atoms with Gasteiger partial charge >= 0.3 is 0 Å². The third-order valence-corrected chi connectivity index (χ3v) is 4.64. The van der Waals surface area contributed by atoms with Gasteiger partial charge in [0, 0.05) is 38.3 Å². The number of rotatable bonds is 8. The monoisotopic (exact) mass is 329 g/mol. The Hall–Kier alpha value is -1.35. The Kier molecular flexibility index (Phi) is 8.31.